The Morgan fingerprint density at radius 2 is 2.08 bits per heavy atom. The first-order valence-electron chi connectivity index (χ1n) is 8.76. The summed E-state index contributed by atoms with van der Waals surface area (Å²) in [6, 6.07) is 11.8. The van der Waals surface area contributed by atoms with Crippen molar-refractivity contribution in [2.24, 2.45) is 0 Å². The van der Waals surface area contributed by atoms with Gasteiger partial charge in [-0.3, -0.25) is 0 Å². The topological polar surface area (TPSA) is 72.0 Å². The molecule has 134 valence electrons. The summed E-state index contributed by atoms with van der Waals surface area (Å²) in [6.45, 7) is 3.68. The lowest BCUT2D eigenvalue weighted by Gasteiger charge is -2.09. The van der Waals surface area contributed by atoms with Gasteiger partial charge in [0.25, 0.3) is 0 Å². The second-order valence-corrected chi connectivity index (χ2v) is 7.21. The molecule has 26 heavy (non-hydrogen) atoms. The van der Waals surface area contributed by atoms with E-state index in [0.29, 0.717) is 12.1 Å². The summed E-state index contributed by atoms with van der Waals surface area (Å²) in [6.07, 6.45) is 4.33. The number of hydrogen-bond acceptors (Lipinski definition) is 7. The van der Waals surface area contributed by atoms with Crippen LogP contribution in [0, 0.1) is 6.92 Å². The van der Waals surface area contributed by atoms with Crippen LogP contribution in [0.1, 0.15) is 18.5 Å². The highest BCUT2D eigenvalue weighted by atomic mass is 32.1. The zero-order valence-electron chi connectivity index (χ0n) is 14.6. The molecule has 0 aliphatic carbocycles. The zero-order valence-corrected chi connectivity index (χ0v) is 15.4. The second kappa shape index (κ2) is 7.80. The van der Waals surface area contributed by atoms with E-state index >= 15 is 0 Å². The van der Waals surface area contributed by atoms with Crippen molar-refractivity contribution in [3.05, 3.63) is 48.3 Å². The Labute approximate surface area is 156 Å². The second-order valence-electron chi connectivity index (χ2n) is 6.21. The molecule has 2 N–H and O–H groups in total. The van der Waals surface area contributed by atoms with Crippen LogP contribution in [0.25, 0.3) is 10.6 Å². The van der Waals surface area contributed by atoms with E-state index in [2.05, 4.69) is 25.6 Å². The third kappa shape index (κ3) is 4.00. The van der Waals surface area contributed by atoms with Crippen LogP contribution in [0.4, 0.5) is 16.8 Å². The monoisotopic (exact) mass is 367 g/mol. The van der Waals surface area contributed by atoms with Crippen LogP contribution in [0.15, 0.2) is 42.6 Å². The molecule has 1 aromatic carbocycles. The lowest BCUT2D eigenvalue weighted by atomic mass is 10.2. The molecule has 3 heterocycles. The first-order chi connectivity index (χ1) is 12.8. The van der Waals surface area contributed by atoms with E-state index < -0.39 is 0 Å². The Hall–Kier alpha value is -2.51. The van der Waals surface area contributed by atoms with Gasteiger partial charge in [-0.05, 0) is 38.0 Å². The van der Waals surface area contributed by atoms with Crippen LogP contribution >= 0.6 is 11.3 Å². The minimum atomic E-state index is 0.295. The summed E-state index contributed by atoms with van der Waals surface area (Å²) in [5.41, 5.74) is 2.80. The van der Waals surface area contributed by atoms with Crippen molar-refractivity contribution in [3.63, 3.8) is 0 Å². The number of rotatable bonds is 6. The number of nitrogens with one attached hydrogen (secondary N) is 2. The van der Waals surface area contributed by atoms with Gasteiger partial charge >= 0.3 is 0 Å². The van der Waals surface area contributed by atoms with Crippen molar-refractivity contribution >= 4 is 28.1 Å². The molecular weight excluding hydrogens is 346 g/mol. The van der Waals surface area contributed by atoms with Crippen molar-refractivity contribution in [1.29, 1.82) is 0 Å². The number of ether oxygens (including phenoxy) is 1. The lowest BCUT2D eigenvalue weighted by Crippen LogP contribution is -2.18. The van der Waals surface area contributed by atoms with Gasteiger partial charge in [0.1, 0.15) is 0 Å². The maximum absolute atomic E-state index is 5.65. The highest BCUT2D eigenvalue weighted by Crippen LogP contribution is 2.32. The van der Waals surface area contributed by atoms with Gasteiger partial charge in [0.2, 0.25) is 5.95 Å². The fourth-order valence-corrected chi connectivity index (χ4v) is 3.86. The van der Waals surface area contributed by atoms with Crippen molar-refractivity contribution in [3.8, 4) is 10.6 Å². The van der Waals surface area contributed by atoms with Gasteiger partial charge < -0.3 is 15.4 Å². The number of hydrogen-bond donors (Lipinski definition) is 2. The van der Waals surface area contributed by atoms with Crippen molar-refractivity contribution in [2.45, 2.75) is 25.9 Å². The first-order valence-corrected chi connectivity index (χ1v) is 9.58. The molecule has 0 radical (unpaired) electrons. The smallest absolute Gasteiger partial charge is 0.227 e. The SMILES string of the molecule is Cc1nc(NCC2CCCO2)sc1-c1ccnc(Nc2ccccc2)n1. The maximum Gasteiger partial charge on any atom is 0.227 e. The average molecular weight is 367 g/mol. The number of benzene rings is 1. The van der Waals surface area contributed by atoms with Crippen molar-refractivity contribution < 1.29 is 4.74 Å². The molecule has 6 nitrogen and oxygen atoms in total. The number of thiazole rings is 1. The number of anilines is 3. The van der Waals surface area contributed by atoms with Crippen LogP contribution in [-0.4, -0.2) is 34.2 Å². The predicted octanol–water partition coefficient (Wildman–Crippen LogP) is 4.24. The minimum Gasteiger partial charge on any atom is -0.376 e. The summed E-state index contributed by atoms with van der Waals surface area (Å²) in [5, 5.41) is 7.53. The molecule has 1 unspecified atom stereocenters. The van der Waals surface area contributed by atoms with E-state index in [-0.39, 0.29) is 0 Å². The summed E-state index contributed by atoms with van der Waals surface area (Å²) < 4.78 is 5.65. The highest BCUT2D eigenvalue weighted by molar-refractivity contribution is 7.19. The number of aryl methyl sites for hydroxylation is 1. The third-order valence-corrected chi connectivity index (χ3v) is 5.36. The molecule has 1 fully saturated rings. The van der Waals surface area contributed by atoms with E-state index in [9.17, 15) is 0 Å². The Morgan fingerprint density at radius 1 is 1.19 bits per heavy atom. The molecule has 3 aromatic rings. The van der Waals surface area contributed by atoms with Crippen LogP contribution in [0.3, 0.4) is 0 Å². The van der Waals surface area contributed by atoms with E-state index in [1.807, 2.05) is 43.3 Å². The fraction of sp³-hybridized carbons (Fsp3) is 0.316. The van der Waals surface area contributed by atoms with Crippen LogP contribution in [0.2, 0.25) is 0 Å². The Morgan fingerprint density at radius 3 is 2.88 bits per heavy atom. The molecule has 0 saturated carbocycles. The van der Waals surface area contributed by atoms with E-state index in [1.54, 1.807) is 17.5 Å². The van der Waals surface area contributed by atoms with Gasteiger partial charge in [-0.25, -0.2) is 15.0 Å². The van der Waals surface area contributed by atoms with Crippen molar-refractivity contribution in [2.75, 3.05) is 23.8 Å². The predicted molar refractivity (Wildman–Crippen MR) is 105 cm³/mol. The molecule has 1 saturated heterocycles. The Kier molecular flexibility index (Phi) is 5.08. The zero-order chi connectivity index (χ0) is 17.8. The van der Waals surface area contributed by atoms with Gasteiger partial charge in [0.15, 0.2) is 5.13 Å². The van der Waals surface area contributed by atoms with Crippen LogP contribution in [-0.2, 0) is 4.74 Å². The molecular formula is C19H21N5OS. The standard InChI is InChI=1S/C19H21N5OS/c1-13-17(26-19(22-13)21-12-15-8-5-11-25-15)16-9-10-20-18(24-16)23-14-6-3-2-4-7-14/h2-4,6-7,9-10,15H,5,8,11-12H2,1H3,(H,21,22)(H,20,23,24). The van der Waals surface area contributed by atoms with Crippen molar-refractivity contribution in [1.82, 2.24) is 15.0 Å². The molecule has 4 rings (SSSR count). The Balaban J connectivity index is 1.49. The van der Waals surface area contributed by atoms with E-state index in [4.69, 9.17) is 4.74 Å². The molecule has 1 atom stereocenters. The average Bonchev–Trinajstić information content (AvgIpc) is 3.30. The summed E-state index contributed by atoms with van der Waals surface area (Å²) in [4.78, 5) is 14.6. The number of para-hydroxylation sites is 1. The number of aromatic nitrogens is 3. The quantitative estimate of drug-likeness (QED) is 0.679. The molecule has 0 amide bonds. The van der Waals surface area contributed by atoms with E-state index in [1.165, 1.54) is 0 Å². The van der Waals surface area contributed by atoms with E-state index in [0.717, 1.165) is 53.1 Å². The van der Waals surface area contributed by atoms with Gasteiger partial charge in [-0.2, -0.15) is 0 Å². The lowest BCUT2D eigenvalue weighted by molar-refractivity contribution is 0.120. The number of nitrogens with zero attached hydrogens (tertiary/aromatic N) is 3. The normalized spacial score (nSPS) is 16.6. The van der Waals surface area contributed by atoms with Crippen LogP contribution in [0.5, 0.6) is 0 Å². The summed E-state index contributed by atoms with van der Waals surface area (Å²) >= 11 is 1.62. The first kappa shape index (κ1) is 16.9. The van der Waals surface area contributed by atoms with Gasteiger partial charge in [0.05, 0.1) is 22.4 Å². The molecule has 0 spiro atoms. The Bertz CT molecular complexity index is 861. The minimum absolute atomic E-state index is 0.295. The van der Waals surface area contributed by atoms with Crippen LogP contribution < -0.4 is 10.6 Å². The molecule has 1 aliphatic heterocycles. The van der Waals surface area contributed by atoms with Gasteiger partial charge in [-0.15, -0.1) is 0 Å². The largest absolute Gasteiger partial charge is 0.376 e. The third-order valence-electron chi connectivity index (χ3n) is 4.22. The molecule has 2 aromatic heterocycles. The fourth-order valence-electron chi connectivity index (χ4n) is 2.91. The molecule has 0 bridgehead atoms. The molecule has 7 heteroatoms. The summed E-state index contributed by atoms with van der Waals surface area (Å²) in [7, 11) is 0. The highest BCUT2D eigenvalue weighted by Gasteiger charge is 2.17. The van der Waals surface area contributed by atoms with Gasteiger partial charge in [-0.1, -0.05) is 29.5 Å². The maximum atomic E-state index is 5.65. The van der Waals surface area contributed by atoms with Gasteiger partial charge in [0, 0.05) is 25.0 Å². The summed E-state index contributed by atoms with van der Waals surface area (Å²) in [5.74, 6) is 0.579. The molecule has 1 aliphatic rings.